The zero-order valence-corrected chi connectivity index (χ0v) is 11.3. The molecule has 8 heteroatoms. The van der Waals surface area contributed by atoms with Crippen LogP contribution in [0.1, 0.15) is 18.1 Å². The van der Waals surface area contributed by atoms with Crippen molar-refractivity contribution in [2.75, 3.05) is 5.88 Å². The highest BCUT2D eigenvalue weighted by Gasteiger charge is 2.19. The molecule has 0 aliphatic heterocycles. The molecule has 2 unspecified atom stereocenters. The molecule has 2 rings (SSSR count). The molecule has 2 N–H and O–H groups in total. The van der Waals surface area contributed by atoms with Gasteiger partial charge in [0.05, 0.1) is 12.3 Å². The van der Waals surface area contributed by atoms with Crippen LogP contribution in [-0.4, -0.2) is 42.2 Å². The maximum atomic E-state index is 9.91. The second-order valence-electron chi connectivity index (χ2n) is 3.92. The van der Waals surface area contributed by atoms with Crippen molar-refractivity contribution in [1.82, 2.24) is 20.0 Å². The van der Waals surface area contributed by atoms with Crippen molar-refractivity contribution in [3.63, 3.8) is 0 Å². The van der Waals surface area contributed by atoms with Crippen LogP contribution in [0.4, 0.5) is 0 Å². The third kappa shape index (κ3) is 3.42. The molecule has 19 heavy (non-hydrogen) atoms. The van der Waals surface area contributed by atoms with E-state index in [1.54, 1.807) is 18.3 Å². The van der Waals surface area contributed by atoms with Crippen LogP contribution >= 0.6 is 23.2 Å². The van der Waals surface area contributed by atoms with E-state index in [-0.39, 0.29) is 11.0 Å². The van der Waals surface area contributed by atoms with E-state index in [1.165, 1.54) is 10.9 Å². The monoisotopic (exact) mass is 302 g/mol. The van der Waals surface area contributed by atoms with Gasteiger partial charge in [0.1, 0.15) is 6.10 Å². The summed E-state index contributed by atoms with van der Waals surface area (Å²) in [4.78, 5) is 0. The molecule has 0 amide bonds. The van der Waals surface area contributed by atoms with Crippen LogP contribution in [-0.2, 0) is 0 Å². The fraction of sp³-hybridized carbons (Fsp3) is 0.364. The highest BCUT2D eigenvalue weighted by atomic mass is 35.5. The van der Waals surface area contributed by atoms with Crippen LogP contribution in [0.2, 0.25) is 5.15 Å². The summed E-state index contributed by atoms with van der Waals surface area (Å²) in [5.74, 6) is 0.740. The third-order valence-corrected chi connectivity index (χ3v) is 2.99. The van der Waals surface area contributed by atoms with E-state index >= 15 is 0 Å². The van der Waals surface area contributed by atoms with Crippen molar-refractivity contribution in [1.29, 1.82) is 0 Å². The number of aromatic nitrogens is 4. The smallest absolute Gasteiger partial charge is 0.175 e. The van der Waals surface area contributed by atoms with E-state index < -0.39 is 12.2 Å². The Balaban J connectivity index is 2.16. The summed E-state index contributed by atoms with van der Waals surface area (Å²) in [5, 5.41) is 31.5. The Morgan fingerprint density at radius 1 is 1.26 bits per heavy atom. The maximum Gasteiger partial charge on any atom is 0.175 e. The standard InChI is InChI=1S/C11H12Cl2N4O2/c12-4-3-8(18)11(19)7-5-14-17(6-7)10-2-1-9(13)15-16-10/h1-2,5-6,8,11,18-19H,3-4H2. The zero-order chi connectivity index (χ0) is 13.8. The number of hydrogen-bond acceptors (Lipinski definition) is 5. The van der Waals surface area contributed by atoms with Gasteiger partial charge in [0, 0.05) is 17.6 Å². The lowest BCUT2D eigenvalue weighted by atomic mass is 10.1. The Kier molecular flexibility index (Phi) is 4.71. The number of alkyl halides is 1. The summed E-state index contributed by atoms with van der Waals surface area (Å²) in [6.45, 7) is 0. The fourth-order valence-electron chi connectivity index (χ4n) is 1.54. The molecule has 2 atom stereocenters. The topological polar surface area (TPSA) is 84.1 Å². The van der Waals surface area contributed by atoms with Crippen LogP contribution in [0.25, 0.3) is 5.82 Å². The van der Waals surface area contributed by atoms with E-state index in [0.29, 0.717) is 17.8 Å². The number of nitrogens with zero attached hydrogens (tertiary/aromatic N) is 4. The highest BCUT2D eigenvalue weighted by molar-refractivity contribution is 6.29. The van der Waals surface area contributed by atoms with Gasteiger partial charge in [-0.3, -0.25) is 0 Å². The lowest BCUT2D eigenvalue weighted by Crippen LogP contribution is -2.18. The van der Waals surface area contributed by atoms with Gasteiger partial charge in [-0.2, -0.15) is 5.10 Å². The Morgan fingerprint density at radius 2 is 2.05 bits per heavy atom. The minimum atomic E-state index is -1.03. The quantitative estimate of drug-likeness (QED) is 0.814. The predicted molar refractivity (Wildman–Crippen MR) is 70.5 cm³/mol. The predicted octanol–water partition coefficient (Wildman–Crippen LogP) is 1.34. The third-order valence-electron chi connectivity index (χ3n) is 2.57. The first-order valence-corrected chi connectivity index (χ1v) is 6.49. The van der Waals surface area contributed by atoms with Gasteiger partial charge >= 0.3 is 0 Å². The van der Waals surface area contributed by atoms with Gasteiger partial charge in [-0.05, 0) is 18.6 Å². The van der Waals surface area contributed by atoms with Gasteiger partial charge in [-0.15, -0.1) is 21.8 Å². The van der Waals surface area contributed by atoms with Crippen LogP contribution in [0, 0.1) is 0 Å². The SMILES string of the molecule is OC(CCCl)C(O)c1cnn(-c2ccc(Cl)nn2)c1. The molecule has 2 aromatic heterocycles. The first kappa shape index (κ1) is 14.2. The molecule has 6 nitrogen and oxygen atoms in total. The van der Waals surface area contributed by atoms with Crippen molar-refractivity contribution >= 4 is 23.2 Å². The van der Waals surface area contributed by atoms with E-state index in [0.717, 1.165) is 0 Å². The van der Waals surface area contributed by atoms with E-state index in [4.69, 9.17) is 23.2 Å². The molecule has 0 spiro atoms. The molecule has 0 fully saturated rings. The molecule has 0 aromatic carbocycles. The molecule has 2 heterocycles. The Morgan fingerprint density at radius 3 is 2.68 bits per heavy atom. The Hall–Kier alpha value is -1.21. The van der Waals surface area contributed by atoms with Gasteiger partial charge in [-0.1, -0.05) is 11.6 Å². The Labute approximate surface area is 119 Å². The van der Waals surface area contributed by atoms with Crippen LogP contribution in [0.5, 0.6) is 0 Å². The molecule has 2 aromatic rings. The highest BCUT2D eigenvalue weighted by Crippen LogP contribution is 2.19. The summed E-state index contributed by atoms with van der Waals surface area (Å²) < 4.78 is 1.44. The van der Waals surface area contributed by atoms with Gasteiger partial charge in [-0.25, -0.2) is 4.68 Å². The van der Waals surface area contributed by atoms with Crippen LogP contribution in [0.3, 0.4) is 0 Å². The number of hydrogen-bond donors (Lipinski definition) is 2. The van der Waals surface area contributed by atoms with E-state index in [1.807, 2.05) is 0 Å². The van der Waals surface area contributed by atoms with Gasteiger partial charge in [0.25, 0.3) is 0 Å². The maximum absolute atomic E-state index is 9.91. The second kappa shape index (κ2) is 6.29. The molecule has 102 valence electrons. The number of aliphatic hydroxyl groups is 2. The van der Waals surface area contributed by atoms with Crippen molar-refractivity contribution in [3.05, 3.63) is 35.2 Å². The summed E-state index contributed by atoms with van der Waals surface area (Å²) >= 11 is 11.2. The van der Waals surface area contributed by atoms with E-state index in [2.05, 4.69) is 15.3 Å². The van der Waals surface area contributed by atoms with Gasteiger partial charge < -0.3 is 10.2 Å². The molecule has 0 aliphatic rings. The second-order valence-corrected chi connectivity index (χ2v) is 4.69. The molecule has 0 saturated heterocycles. The molecular formula is C11H12Cl2N4O2. The largest absolute Gasteiger partial charge is 0.390 e. The zero-order valence-electron chi connectivity index (χ0n) is 9.82. The molecule has 0 saturated carbocycles. The van der Waals surface area contributed by atoms with Crippen molar-refractivity contribution in [2.45, 2.75) is 18.6 Å². The van der Waals surface area contributed by atoms with Crippen molar-refractivity contribution in [2.24, 2.45) is 0 Å². The van der Waals surface area contributed by atoms with Crippen LogP contribution in [0.15, 0.2) is 24.5 Å². The average Bonchev–Trinajstić information content (AvgIpc) is 2.88. The lowest BCUT2D eigenvalue weighted by molar-refractivity contribution is 0.0170. The summed E-state index contributed by atoms with van der Waals surface area (Å²) in [6.07, 6.45) is 1.37. The average molecular weight is 303 g/mol. The number of rotatable bonds is 5. The summed E-state index contributed by atoms with van der Waals surface area (Å²) in [5.41, 5.74) is 0.481. The minimum absolute atomic E-state index is 0.273. The molecular weight excluding hydrogens is 291 g/mol. The summed E-state index contributed by atoms with van der Waals surface area (Å²) in [6, 6.07) is 3.23. The first-order valence-electron chi connectivity index (χ1n) is 5.58. The van der Waals surface area contributed by atoms with Gasteiger partial charge in [0.2, 0.25) is 0 Å². The minimum Gasteiger partial charge on any atom is -0.390 e. The first-order chi connectivity index (χ1) is 9.11. The van der Waals surface area contributed by atoms with Crippen molar-refractivity contribution < 1.29 is 10.2 Å². The number of aliphatic hydroxyl groups excluding tert-OH is 2. The number of halogens is 2. The molecule has 0 bridgehead atoms. The fourth-order valence-corrected chi connectivity index (χ4v) is 1.86. The van der Waals surface area contributed by atoms with Crippen LogP contribution < -0.4 is 0 Å². The van der Waals surface area contributed by atoms with E-state index in [9.17, 15) is 10.2 Å². The molecule has 0 radical (unpaired) electrons. The Bertz CT molecular complexity index is 532. The lowest BCUT2D eigenvalue weighted by Gasteiger charge is -2.14. The normalized spacial score (nSPS) is 14.3. The summed E-state index contributed by atoms with van der Waals surface area (Å²) in [7, 11) is 0. The molecule has 0 aliphatic carbocycles. The van der Waals surface area contributed by atoms with Gasteiger partial charge in [0.15, 0.2) is 11.0 Å². The van der Waals surface area contributed by atoms with Crippen molar-refractivity contribution in [3.8, 4) is 5.82 Å².